The number of hydrogen-bond acceptors (Lipinski definition) is 5. The van der Waals surface area contributed by atoms with E-state index in [-0.39, 0.29) is 6.04 Å². The van der Waals surface area contributed by atoms with Gasteiger partial charge in [-0.1, -0.05) is 6.92 Å². The van der Waals surface area contributed by atoms with E-state index in [1.807, 2.05) is 23.9 Å². The highest BCUT2D eigenvalue weighted by Crippen LogP contribution is 2.33. The maximum atomic E-state index is 5.52. The molecule has 1 aliphatic heterocycles. The zero-order valence-corrected chi connectivity index (χ0v) is 13.9. The molecule has 4 nitrogen and oxygen atoms in total. The molecule has 1 aromatic carbocycles. The van der Waals surface area contributed by atoms with E-state index in [0.29, 0.717) is 5.25 Å². The van der Waals surface area contributed by atoms with Crippen molar-refractivity contribution in [2.75, 3.05) is 39.7 Å². The van der Waals surface area contributed by atoms with Gasteiger partial charge in [0.15, 0.2) is 0 Å². The van der Waals surface area contributed by atoms with E-state index in [1.165, 1.54) is 0 Å². The molecule has 0 aromatic heterocycles. The van der Waals surface area contributed by atoms with Gasteiger partial charge in [0, 0.05) is 17.4 Å². The van der Waals surface area contributed by atoms with Crippen molar-refractivity contribution in [1.82, 2.24) is 5.32 Å². The lowest BCUT2D eigenvalue weighted by Gasteiger charge is -2.28. The van der Waals surface area contributed by atoms with Gasteiger partial charge in [-0.3, -0.25) is 0 Å². The van der Waals surface area contributed by atoms with Crippen molar-refractivity contribution in [3.05, 3.63) is 23.8 Å². The van der Waals surface area contributed by atoms with E-state index >= 15 is 0 Å². The molecule has 0 spiro atoms. The van der Waals surface area contributed by atoms with Crippen LogP contribution in [0, 0.1) is 0 Å². The minimum absolute atomic E-state index is 0.264. The Morgan fingerprint density at radius 2 is 2.14 bits per heavy atom. The van der Waals surface area contributed by atoms with Gasteiger partial charge >= 0.3 is 0 Å². The first-order valence-corrected chi connectivity index (χ1v) is 8.48. The normalized spacial score (nSPS) is 16.3. The molecule has 0 amide bonds. The lowest BCUT2D eigenvalue weighted by Crippen LogP contribution is -2.33. The maximum Gasteiger partial charge on any atom is 0.123 e. The fourth-order valence-corrected chi connectivity index (χ4v) is 3.38. The van der Waals surface area contributed by atoms with Crippen LogP contribution in [0.2, 0.25) is 0 Å². The molecule has 118 valence electrons. The van der Waals surface area contributed by atoms with Crippen LogP contribution in [0.25, 0.3) is 0 Å². The first-order valence-electron chi connectivity index (χ1n) is 7.43. The van der Waals surface area contributed by atoms with E-state index < -0.39 is 0 Å². The Morgan fingerprint density at radius 1 is 1.33 bits per heavy atom. The molecule has 1 unspecified atom stereocenters. The minimum Gasteiger partial charge on any atom is -0.497 e. The summed E-state index contributed by atoms with van der Waals surface area (Å²) in [4.78, 5) is 0. The number of hydrogen-bond donors (Lipinski definition) is 1. The van der Waals surface area contributed by atoms with Crippen molar-refractivity contribution in [3.8, 4) is 11.5 Å². The highest BCUT2D eigenvalue weighted by molar-refractivity contribution is 8.00. The van der Waals surface area contributed by atoms with Crippen LogP contribution >= 0.6 is 11.8 Å². The molecule has 0 bridgehead atoms. The summed E-state index contributed by atoms with van der Waals surface area (Å²) in [5.41, 5.74) is 1.16. The van der Waals surface area contributed by atoms with Crippen molar-refractivity contribution in [1.29, 1.82) is 0 Å². The quantitative estimate of drug-likeness (QED) is 0.759. The molecule has 1 heterocycles. The second kappa shape index (κ2) is 8.51. The largest absolute Gasteiger partial charge is 0.497 e. The Morgan fingerprint density at radius 3 is 2.71 bits per heavy atom. The molecule has 0 saturated carbocycles. The topological polar surface area (TPSA) is 39.7 Å². The molecular formula is C16H25NO3S. The van der Waals surface area contributed by atoms with Gasteiger partial charge in [0.25, 0.3) is 0 Å². The van der Waals surface area contributed by atoms with Gasteiger partial charge in [-0.25, -0.2) is 0 Å². The van der Waals surface area contributed by atoms with Gasteiger partial charge in [-0.05, 0) is 31.2 Å². The number of benzene rings is 1. The Kier molecular flexibility index (Phi) is 6.67. The van der Waals surface area contributed by atoms with Crippen LogP contribution in [0.4, 0.5) is 0 Å². The van der Waals surface area contributed by atoms with Crippen LogP contribution in [0.3, 0.4) is 0 Å². The van der Waals surface area contributed by atoms with Crippen LogP contribution in [-0.4, -0.2) is 45.0 Å². The van der Waals surface area contributed by atoms with Crippen molar-refractivity contribution in [3.63, 3.8) is 0 Å². The zero-order valence-electron chi connectivity index (χ0n) is 13.1. The molecule has 5 heteroatoms. The molecule has 1 aliphatic rings. The Labute approximate surface area is 131 Å². The molecule has 21 heavy (non-hydrogen) atoms. The van der Waals surface area contributed by atoms with Crippen LogP contribution in [0.15, 0.2) is 18.2 Å². The molecule has 1 saturated heterocycles. The van der Waals surface area contributed by atoms with Gasteiger partial charge in [0.1, 0.15) is 11.5 Å². The molecule has 2 rings (SSSR count). The van der Waals surface area contributed by atoms with Crippen molar-refractivity contribution in [2.24, 2.45) is 0 Å². The molecule has 0 aliphatic carbocycles. The lowest BCUT2D eigenvalue weighted by atomic mass is 10.1. The van der Waals surface area contributed by atoms with E-state index in [9.17, 15) is 0 Å². The Bertz CT molecular complexity index is 438. The number of rotatable bonds is 9. The summed E-state index contributed by atoms with van der Waals surface area (Å²) in [7, 11) is 3.41. The van der Waals surface area contributed by atoms with Crippen LogP contribution in [-0.2, 0) is 4.74 Å². The highest BCUT2D eigenvalue weighted by atomic mass is 32.2. The summed E-state index contributed by atoms with van der Waals surface area (Å²) in [6.07, 6.45) is 1.11. The van der Waals surface area contributed by atoms with Gasteiger partial charge < -0.3 is 19.5 Å². The smallest absolute Gasteiger partial charge is 0.123 e. The second-order valence-corrected chi connectivity index (χ2v) is 6.44. The SMILES string of the molecule is CCCNC(CSC1COC1)c1cc(OC)ccc1OC. The molecular weight excluding hydrogens is 286 g/mol. The third kappa shape index (κ3) is 4.53. The first kappa shape index (κ1) is 16.5. The van der Waals surface area contributed by atoms with Gasteiger partial charge in [-0.2, -0.15) is 11.8 Å². The number of methoxy groups -OCH3 is 2. The molecule has 1 fully saturated rings. The molecule has 1 atom stereocenters. The van der Waals surface area contributed by atoms with Crippen LogP contribution in [0.5, 0.6) is 11.5 Å². The third-order valence-corrected chi connectivity index (χ3v) is 4.83. The summed E-state index contributed by atoms with van der Waals surface area (Å²) in [5.74, 6) is 2.79. The van der Waals surface area contributed by atoms with Crippen molar-refractivity contribution < 1.29 is 14.2 Å². The van der Waals surface area contributed by atoms with Gasteiger partial charge in [0.2, 0.25) is 0 Å². The van der Waals surface area contributed by atoms with Crippen LogP contribution < -0.4 is 14.8 Å². The third-order valence-electron chi connectivity index (χ3n) is 3.56. The molecule has 0 radical (unpaired) electrons. The molecule has 1 N–H and O–H groups in total. The van der Waals surface area contributed by atoms with E-state index in [2.05, 4.69) is 18.3 Å². The maximum absolute atomic E-state index is 5.52. The summed E-state index contributed by atoms with van der Waals surface area (Å²) in [6, 6.07) is 6.25. The summed E-state index contributed by atoms with van der Waals surface area (Å²) in [5, 5.41) is 4.25. The fourth-order valence-electron chi connectivity index (χ4n) is 2.23. The second-order valence-electron chi connectivity index (χ2n) is 5.11. The fraction of sp³-hybridized carbons (Fsp3) is 0.625. The van der Waals surface area contributed by atoms with Crippen LogP contribution in [0.1, 0.15) is 24.9 Å². The lowest BCUT2D eigenvalue weighted by molar-refractivity contribution is 0.0455. The highest BCUT2D eigenvalue weighted by Gasteiger charge is 2.23. The summed E-state index contributed by atoms with van der Waals surface area (Å²) < 4.78 is 16.1. The summed E-state index contributed by atoms with van der Waals surface area (Å²) in [6.45, 7) is 4.92. The van der Waals surface area contributed by atoms with Crippen molar-refractivity contribution in [2.45, 2.75) is 24.6 Å². The number of ether oxygens (including phenoxy) is 3. The Hall–Kier alpha value is -0.910. The number of thioether (sulfide) groups is 1. The predicted molar refractivity (Wildman–Crippen MR) is 87.6 cm³/mol. The number of nitrogens with one attached hydrogen (secondary N) is 1. The van der Waals surface area contributed by atoms with Gasteiger partial charge in [-0.15, -0.1) is 0 Å². The van der Waals surface area contributed by atoms with E-state index in [4.69, 9.17) is 14.2 Å². The predicted octanol–water partition coefficient (Wildman–Crippen LogP) is 2.88. The molecule has 1 aromatic rings. The zero-order chi connectivity index (χ0) is 15.1. The monoisotopic (exact) mass is 311 g/mol. The standard InChI is InChI=1S/C16H25NO3S/c1-4-7-17-15(11-21-13-9-20-10-13)14-8-12(18-2)5-6-16(14)19-3/h5-6,8,13,15,17H,4,7,9-11H2,1-3H3. The average molecular weight is 311 g/mol. The first-order chi connectivity index (χ1) is 10.3. The van der Waals surface area contributed by atoms with E-state index in [0.717, 1.165) is 49.0 Å². The summed E-state index contributed by atoms with van der Waals surface area (Å²) >= 11 is 1.97. The minimum atomic E-state index is 0.264. The van der Waals surface area contributed by atoms with Gasteiger partial charge in [0.05, 0.1) is 32.7 Å². The Balaban J connectivity index is 2.12. The average Bonchev–Trinajstić information content (AvgIpc) is 2.48. The van der Waals surface area contributed by atoms with Crippen molar-refractivity contribution >= 4 is 11.8 Å². The van der Waals surface area contributed by atoms with E-state index in [1.54, 1.807) is 14.2 Å².